The lowest BCUT2D eigenvalue weighted by molar-refractivity contribution is 0.307. The van der Waals surface area contributed by atoms with Gasteiger partial charge in [0.15, 0.2) is 0 Å². The van der Waals surface area contributed by atoms with Gasteiger partial charge in [0.1, 0.15) is 5.75 Å². The maximum Gasteiger partial charge on any atom is 0.123 e. The van der Waals surface area contributed by atoms with E-state index in [1.807, 2.05) is 0 Å². The van der Waals surface area contributed by atoms with Crippen LogP contribution in [0.15, 0.2) is 18.2 Å². The first-order valence-electron chi connectivity index (χ1n) is 8.14. The van der Waals surface area contributed by atoms with E-state index in [0.29, 0.717) is 6.61 Å². The summed E-state index contributed by atoms with van der Waals surface area (Å²) in [5.41, 5.74) is 3.06. The molecular weight excluding hydrogens is 276 g/mol. The molecule has 119 valence electrons. The molecule has 0 aromatic heterocycles. The molecule has 1 rings (SSSR count). The van der Waals surface area contributed by atoms with E-state index in [2.05, 4.69) is 59.7 Å². The molecule has 0 bridgehead atoms. The molecule has 0 amide bonds. The van der Waals surface area contributed by atoms with Crippen LogP contribution < -0.4 is 4.74 Å². The monoisotopic (exact) mass is 307 g/mol. The normalized spacial score (nSPS) is 12.5. The van der Waals surface area contributed by atoms with Crippen LogP contribution in [0.3, 0.4) is 0 Å². The Hall–Kier alpha value is -0.630. The van der Waals surface area contributed by atoms with Crippen molar-refractivity contribution in [1.29, 1.82) is 0 Å². The zero-order chi connectivity index (χ0) is 16.1. The summed E-state index contributed by atoms with van der Waals surface area (Å²) in [5.74, 6) is 1.79. The highest BCUT2D eigenvalue weighted by molar-refractivity contribution is 7.80. The minimum atomic E-state index is 0.128. The smallest absolute Gasteiger partial charge is 0.123 e. The SMILES string of the molecule is CCC(C)(C)c1ccc(OCCC[S])c(C(C)(C)CC)c1. The standard InChI is InChI=1S/C19H31OS/c1-7-18(3,4)15-10-11-17(20-12-9-13-21)16(14-15)19(5,6)8-2/h10-11,14H,7-9,12-13H2,1-6H3. The van der Waals surface area contributed by atoms with Crippen LogP contribution in [0.25, 0.3) is 0 Å². The molecule has 0 spiro atoms. The Morgan fingerprint density at radius 3 is 2.14 bits per heavy atom. The molecule has 0 saturated heterocycles. The van der Waals surface area contributed by atoms with Gasteiger partial charge in [0.05, 0.1) is 6.61 Å². The van der Waals surface area contributed by atoms with Crippen molar-refractivity contribution in [3.63, 3.8) is 0 Å². The van der Waals surface area contributed by atoms with Gasteiger partial charge in [0, 0.05) is 11.3 Å². The maximum absolute atomic E-state index is 6.00. The third kappa shape index (κ3) is 4.67. The molecule has 0 aliphatic carbocycles. The summed E-state index contributed by atoms with van der Waals surface area (Å²) in [6.45, 7) is 14.4. The van der Waals surface area contributed by atoms with Crippen LogP contribution >= 0.6 is 12.6 Å². The largest absolute Gasteiger partial charge is 0.493 e. The Morgan fingerprint density at radius 1 is 1.00 bits per heavy atom. The molecule has 0 saturated carbocycles. The molecule has 21 heavy (non-hydrogen) atoms. The van der Waals surface area contributed by atoms with Crippen LogP contribution in [0.4, 0.5) is 0 Å². The van der Waals surface area contributed by atoms with Gasteiger partial charge >= 0.3 is 0 Å². The topological polar surface area (TPSA) is 9.23 Å². The predicted octanol–water partition coefficient (Wildman–Crippen LogP) is 6.03. The number of rotatable bonds is 8. The fourth-order valence-electron chi connectivity index (χ4n) is 2.24. The third-order valence-electron chi connectivity index (χ3n) is 4.80. The van der Waals surface area contributed by atoms with E-state index in [-0.39, 0.29) is 10.8 Å². The molecule has 0 aliphatic heterocycles. The molecule has 0 aliphatic rings. The van der Waals surface area contributed by atoms with E-state index in [4.69, 9.17) is 17.4 Å². The summed E-state index contributed by atoms with van der Waals surface area (Å²) in [6.07, 6.45) is 3.17. The van der Waals surface area contributed by atoms with Crippen molar-refractivity contribution >= 4 is 12.6 Å². The second-order valence-corrected chi connectivity index (χ2v) is 7.50. The van der Waals surface area contributed by atoms with Crippen molar-refractivity contribution in [1.82, 2.24) is 0 Å². The lowest BCUT2D eigenvalue weighted by Gasteiger charge is -2.30. The van der Waals surface area contributed by atoms with E-state index < -0.39 is 0 Å². The summed E-state index contributed by atoms with van der Waals surface area (Å²) in [4.78, 5) is 0. The third-order valence-corrected chi connectivity index (χ3v) is 5.09. The summed E-state index contributed by atoms with van der Waals surface area (Å²) in [5, 5.41) is 0. The van der Waals surface area contributed by atoms with Crippen molar-refractivity contribution < 1.29 is 4.74 Å². The number of hydrogen-bond donors (Lipinski definition) is 0. The van der Waals surface area contributed by atoms with Crippen LogP contribution in [-0.2, 0) is 10.8 Å². The molecule has 0 unspecified atom stereocenters. The maximum atomic E-state index is 6.00. The van der Waals surface area contributed by atoms with Crippen LogP contribution in [0.5, 0.6) is 5.75 Å². The van der Waals surface area contributed by atoms with Gasteiger partial charge in [-0.25, -0.2) is 0 Å². The van der Waals surface area contributed by atoms with Gasteiger partial charge < -0.3 is 4.74 Å². The number of ether oxygens (including phenoxy) is 1. The molecule has 1 nitrogen and oxygen atoms in total. The fraction of sp³-hybridized carbons (Fsp3) is 0.684. The Labute approximate surface area is 136 Å². The summed E-state index contributed by atoms with van der Waals surface area (Å²) in [6, 6.07) is 6.74. The Kier molecular flexibility index (Phi) is 6.65. The molecule has 0 fully saturated rings. The Morgan fingerprint density at radius 2 is 1.62 bits per heavy atom. The zero-order valence-corrected chi connectivity index (χ0v) is 15.4. The van der Waals surface area contributed by atoms with E-state index in [1.54, 1.807) is 0 Å². The first-order valence-corrected chi connectivity index (χ1v) is 8.72. The second kappa shape index (κ2) is 7.58. The van der Waals surface area contributed by atoms with Crippen LogP contribution in [0.1, 0.15) is 71.9 Å². The Balaban J connectivity index is 3.20. The van der Waals surface area contributed by atoms with Crippen molar-refractivity contribution in [3.8, 4) is 5.75 Å². The first-order chi connectivity index (χ1) is 9.78. The highest BCUT2D eigenvalue weighted by Gasteiger charge is 2.26. The molecule has 1 aromatic rings. The van der Waals surface area contributed by atoms with Crippen molar-refractivity contribution in [2.45, 2.75) is 71.6 Å². The van der Waals surface area contributed by atoms with Crippen LogP contribution in [0, 0.1) is 0 Å². The minimum absolute atomic E-state index is 0.128. The molecule has 2 heteroatoms. The van der Waals surface area contributed by atoms with Crippen LogP contribution in [-0.4, -0.2) is 12.4 Å². The molecule has 0 heterocycles. The van der Waals surface area contributed by atoms with E-state index in [0.717, 1.165) is 30.8 Å². The van der Waals surface area contributed by atoms with Crippen molar-refractivity contribution in [2.24, 2.45) is 0 Å². The van der Waals surface area contributed by atoms with E-state index >= 15 is 0 Å². The zero-order valence-electron chi connectivity index (χ0n) is 14.6. The molecule has 0 atom stereocenters. The molecule has 1 aromatic carbocycles. The fourth-order valence-corrected chi connectivity index (χ4v) is 2.36. The highest BCUT2D eigenvalue weighted by atomic mass is 32.1. The average Bonchev–Trinajstić information content (AvgIpc) is 2.47. The lowest BCUT2D eigenvalue weighted by Crippen LogP contribution is -2.21. The van der Waals surface area contributed by atoms with Gasteiger partial charge in [0.2, 0.25) is 0 Å². The molecule has 0 N–H and O–H groups in total. The second-order valence-electron chi connectivity index (χ2n) is 7.09. The van der Waals surface area contributed by atoms with Gasteiger partial charge in [-0.3, -0.25) is 0 Å². The van der Waals surface area contributed by atoms with Gasteiger partial charge in [-0.1, -0.05) is 66.3 Å². The predicted molar refractivity (Wildman–Crippen MR) is 95.6 cm³/mol. The summed E-state index contributed by atoms with van der Waals surface area (Å²) >= 11 is 5.00. The van der Waals surface area contributed by atoms with Gasteiger partial charge in [0.25, 0.3) is 0 Å². The van der Waals surface area contributed by atoms with Crippen molar-refractivity contribution in [3.05, 3.63) is 29.3 Å². The van der Waals surface area contributed by atoms with Gasteiger partial charge in [-0.05, 0) is 41.7 Å². The minimum Gasteiger partial charge on any atom is -0.493 e. The number of hydrogen-bond acceptors (Lipinski definition) is 1. The summed E-state index contributed by atoms with van der Waals surface area (Å²) < 4.78 is 6.00. The average molecular weight is 308 g/mol. The highest BCUT2D eigenvalue weighted by Crippen LogP contribution is 2.38. The van der Waals surface area contributed by atoms with Crippen molar-refractivity contribution in [2.75, 3.05) is 12.4 Å². The van der Waals surface area contributed by atoms with Gasteiger partial charge in [-0.2, -0.15) is 0 Å². The van der Waals surface area contributed by atoms with Gasteiger partial charge in [-0.15, -0.1) is 0 Å². The van der Waals surface area contributed by atoms with E-state index in [1.165, 1.54) is 11.1 Å². The quantitative estimate of drug-likeness (QED) is 0.533. The Bertz CT molecular complexity index is 449. The lowest BCUT2D eigenvalue weighted by atomic mass is 9.76. The number of benzene rings is 1. The summed E-state index contributed by atoms with van der Waals surface area (Å²) in [7, 11) is 0. The molecule has 1 radical (unpaired) electrons. The van der Waals surface area contributed by atoms with E-state index in [9.17, 15) is 0 Å². The van der Waals surface area contributed by atoms with Crippen LogP contribution in [0.2, 0.25) is 0 Å². The molecular formula is C19H31OS. The first kappa shape index (κ1) is 18.4.